The molecule has 0 aliphatic heterocycles. The van der Waals surface area contributed by atoms with Crippen LogP contribution in [0.4, 0.5) is 5.88 Å². The minimum absolute atomic E-state index is 0.0166. The molecule has 2 aromatic rings. The molecule has 0 saturated heterocycles. The number of amides is 1. The third-order valence-electron chi connectivity index (χ3n) is 4.04. The molecule has 0 aliphatic carbocycles. The maximum Gasteiger partial charge on any atom is 0.258 e. The summed E-state index contributed by atoms with van der Waals surface area (Å²) in [6.45, 7) is 7.82. The molecule has 0 radical (unpaired) electrons. The fourth-order valence-electron chi connectivity index (χ4n) is 2.70. The monoisotopic (exact) mass is 384 g/mol. The van der Waals surface area contributed by atoms with Crippen molar-refractivity contribution >= 4 is 17.6 Å². The molecule has 1 amide bonds. The largest absolute Gasteiger partial charge is 0.490 e. The van der Waals surface area contributed by atoms with Crippen molar-refractivity contribution in [2.75, 3.05) is 18.5 Å². The minimum atomic E-state index is -0.485. The first kappa shape index (κ1) is 21.0. The van der Waals surface area contributed by atoms with E-state index in [1.165, 1.54) is 6.92 Å². The van der Waals surface area contributed by atoms with E-state index in [1.54, 1.807) is 25.1 Å². The second-order valence-electron chi connectivity index (χ2n) is 6.16. The van der Waals surface area contributed by atoms with Crippen molar-refractivity contribution in [3.05, 3.63) is 40.6 Å². The van der Waals surface area contributed by atoms with Gasteiger partial charge in [-0.3, -0.25) is 14.9 Å². The number of aryl methyl sites for hydroxylation is 1. The highest BCUT2D eigenvalue weighted by Crippen LogP contribution is 2.30. The van der Waals surface area contributed by atoms with Crippen LogP contribution in [0.5, 0.6) is 11.5 Å². The van der Waals surface area contributed by atoms with Gasteiger partial charge in [0, 0.05) is 5.56 Å². The molecule has 0 atom stereocenters. The number of ether oxygens (including phenoxy) is 2. The lowest BCUT2D eigenvalue weighted by Gasteiger charge is -2.13. The molecule has 0 aliphatic rings. The SMILES string of the molecule is CCCCOc1ccc(C(=O)Nc2oc(C)c(C(C)=O)c2C#N)cc1OCC. The normalized spacial score (nSPS) is 10.2. The second-order valence-corrected chi connectivity index (χ2v) is 6.16. The predicted molar refractivity (Wildman–Crippen MR) is 104 cm³/mol. The quantitative estimate of drug-likeness (QED) is 0.505. The van der Waals surface area contributed by atoms with Crippen LogP contribution in [0.25, 0.3) is 0 Å². The van der Waals surface area contributed by atoms with Crippen LogP contribution in [-0.2, 0) is 0 Å². The van der Waals surface area contributed by atoms with Gasteiger partial charge in [0.25, 0.3) is 5.91 Å². The number of nitrogens with zero attached hydrogens (tertiary/aromatic N) is 1. The zero-order valence-electron chi connectivity index (χ0n) is 16.5. The molecule has 1 aromatic carbocycles. The summed E-state index contributed by atoms with van der Waals surface area (Å²) in [5.41, 5.74) is 0.504. The lowest BCUT2D eigenvalue weighted by Crippen LogP contribution is -2.13. The van der Waals surface area contributed by atoms with Crippen molar-refractivity contribution in [2.45, 2.75) is 40.5 Å². The van der Waals surface area contributed by atoms with Gasteiger partial charge in [-0.2, -0.15) is 5.26 Å². The number of anilines is 1. The van der Waals surface area contributed by atoms with Gasteiger partial charge >= 0.3 is 0 Å². The number of benzene rings is 1. The number of nitrogens with one attached hydrogen (secondary N) is 1. The van der Waals surface area contributed by atoms with Gasteiger partial charge in [0.2, 0.25) is 5.88 Å². The summed E-state index contributed by atoms with van der Waals surface area (Å²) in [5, 5.41) is 11.9. The molecule has 7 heteroatoms. The summed E-state index contributed by atoms with van der Waals surface area (Å²) in [6.07, 6.45) is 1.93. The average molecular weight is 384 g/mol. The van der Waals surface area contributed by atoms with Gasteiger partial charge in [-0.15, -0.1) is 0 Å². The highest BCUT2D eigenvalue weighted by molar-refractivity contribution is 6.06. The van der Waals surface area contributed by atoms with Gasteiger partial charge in [0.1, 0.15) is 17.4 Å². The first-order chi connectivity index (χ1) is 13.4. The smallest absolute Gasteiger partial charge is 0.258 e. The Morgan fingerprint density at radius 3 is 2.57 bits per heavy atom. The Morgan fingerprint density at radius 1 is 1.21 bits per heavy atom. The lowest BCUT2D eigenvalue weighted by molar-refractivity contribution is 0.101. The molecule has 148 valence electrons. The number of hydrogen-bond acceptors (Lipinski definition) is 6. The highest BCUT2D eigenvalue weighted by Gasteiger charge is 2.23. The van der Waals surface area contributed by atoms with Crippen LogP contribution in [0, 0.1) is 18.3 Å². The van der Waals surface area contributed by atoms with Gasteiger partial charge in [-0.05, 0) is 45.4 Å². The molecule has 1 heterocycles. The topological polar surface area (TPSA) is 102 Å². The Morgan fingerprint density at radius 2 is 1.96 bits per heavy atom. The number of carbonyl (C=O) groups is 2. The summed E-state index contributed by atoms with van der Waals surface area (Å²) >= 11 is 0. The van der Waals surface area contributed by atoms with Crippen LogP contribution in [0.3, 0.4) is 0 Å². The summed E-state index contributed by atoms with van der Waals surface area (Å²) < 4.78 is 16.7. The van der Waals surface area contributed by atoms with E-state index in [0.717, 1.165) is 12.8 Å². The Bertz CT molecular complexity index is 908. The fourth-order valence-corrected chi connectivity index (χ4v) is 2.70. The number of hydrogen-bond donors (Lipinski definition) is 1. The third kappa shape index (κ3) is 4.71. The van der Waals surface area contributed by atoms with E-state index in [0.29, 0.717) is 30.3 Å². The van der Waals surface area contributed by atoms with E-state index in [9.17, 15) is 14.9 Å². The molecular formula is C21H24N2O5. The van der Waals surface area contributed by atoms with E-state index in [4.69, 9.17) is 13.9 Å². The number of nitriles is 1. The van der Waals surface area contributed by atoms with Crippen molar-refractivity contribution in [3.63, 3.8) is 0 Å². The fraction of sp³-hybridized carbons (Fsp3) is 0.381. The molecule has 0 bridgehead atoms. The second kappa shape index (κ2) is 9.60. The van der Waals surface area contributed by atoms with Gasteiger partial charge in [0.05, 0.1) is 18.8 Å². The summed E-state index contributed by atoms with van der Waals surface area (Å²) in [4.78, 5) is 24.4. The molecule has 1 aromatic heterocycles. The first-order valence-electron chi connectivity index (χ1n) is 9.18. The van der Waals surface area contributed by atoms with Gasteiger partial charge in [0.15, 0.2) is 17.3 Å². The van der Waals surface area contributed by atoms with Gasteiger partial charge in [-0.25, -0.2) is 0 Å². The number of unbranched alkanes of at least 4 members (excludes halogenated alkanes) is 1. The van der Waals surface area contributed by atoms with E-state index < -0.39 is 5.91 Å². The molecule has 0 spiro atoms. The van der Waals surface area contributed by atoms with E-state index >= 15 is 0 Å². The Balaban J connectivity index is 2.27. The molecule has 0 saturated carbocycles. The van der Waals surface area contributed by atoms with Crippen molar-refractivity contribution in [3.8, 4) is 17.6 Å². The standard InChI is InChI=1S/C21H24N2O5/c1-5-7-10-27-17-9-8-15(11-18(17)26-6-2)20(25)23-21-16(12-22)19(13(3)24)14(4)28-21/h8-9,11H,5-7,10H2,1-4H3,(H,23,25). The van der Waals surface area contributed by atoms with E-state index in [1.807, 2.05) is 13.0 Å². The maximum atomic E-state index is 12.6. The molecule has 0 fully saturated rings. The molecule has 28 heavy (non-hydrogen) atoms. The summed E-state index contributed by atoms with van der Waals surface area (Å²) in [6, 6.07) is 6.78. The number of carbonyl (C=O) groups excluding carboxylic acids is 2. The maximum absolute atomic E-state index is 12.6. The Kier molecular flexibility index (Phi) is 7.21. The number of ketones is 1. The third-order valence-corrected chi connectivity index (χ3v) is 4.04. The molecule has 2 rings (SSSR count). The van der Waals surface area contributed by atoms with Crippen LogP contribution in [0.2, 0.25) is 0 Å². The van der Waals surface area contributed by atoms with Gasteiger partial charge in [-0.1, -0.05) is 13.3 Å². The number of Topliss-reactive ketones (excluding diaryl/α,β-unsaturated/α-hetero) is 1. The molecule has 7 nitrogen and oxygen atoms in total. The average Bonchev–Trinajstić information content (AvgIpc) is 2.98. The van der Waals surface area contributed by atoms with Crippen LogP contribution in [0.1, 0.15) is 65.7 Å². The van der Waals surface area contributed by atoms with Crippen LogP contribution in [0.15, 0.2) is 22.6 Å². The highest BCUT2D eigenvalue weighted by atomic mass is 16.5. The zero-order valence-corrected chi connectivity index (χ0v) is 16.5. The van der Waals surface area contributed by atoms with Crippen molar-refractivity contribution in [1.82, 2.24) is 0 Å². The van der Waals surface area contributed by atoms with Crippen LogP contribution < -0.4 is 14.8 Å². The van der Waals surface area contributed by atoms with Crippen molar-refractivity contribution in [2.24, 2.45) is 0 Å². The molecule has 1 N–H and O–H groups in total. The van der Waals surface area contributed by atoms with Crippen molar-refractivity contribution < 1.29 is 23.5 Å². The number of rotatable bonds is 9. The van der Waals surface area contributed by atoms with E-state index in [2.05, 4.69) is 12.2 Å². The van der Waals surface area contributed by atoms with Crippen LogP contribution >= 0.6 is 0 Å². The summed E-state index contributed by atoms with van der Waals surface area (Å²) in [5.74, 6) is 0.487. The summed E-state index contributed by atoms with van der Waals surface area (Å²) in [7, 11) is 0. The lowest BCUT2D eigenvalue weighted by atomic mass is 10.1. The molecule has 0 unspecified atom stereocenters. The molecular weight excluding hydrogens is 360 g/mol. The predicted octanol–water partition coefficient (Wildman–Crippen LogP) is 4.49. The van der Waals surface area contributed by atoms with E-state index in [-0.39, 0.29) is 28.6 Å². The van der Waals surface area contributed by atoms with Crippen molar-refractivity contribution in [1.29, 1.82) is 5.26 Å². The Labute approximate surface area is 164 Å². The zero-order chi connectivity index (χ0) is 20.7. The first-order valence-corrected chi connectivity index (χ1v) is 9.18. The van der Waals surface area contributed by atoms with Gasteiger partial charge < -0.3 is 13.9 Å². The Hall–Kier alpha value is -3.27. The number of furan rings is 1. The van der Waals surface area contributed by atoms with Crippen LogP contribution in [-0.4, -0.2) is 24.9 Å². The minimum Gasteiger partial charge on any atom is -0.490 e.